The molecule has 0 spiro atoms. The molecule has 0 saturated carbocycles. The lowest BCUT2D eigenvalue weighted by Gasteiger charge is -2.25. The first-order valence-electron chi connectivity index (χ1n) is 9.55. The van der Waals surface area contributed by atoms with Crippen molar-refractivity contribution >= 4 is 0 Å². The fourth-order valence-corrected chi connectivity index (χ4v) is 3.72. The highest BCUT2D eigenvalue weighted by atomic mass is 14.8. The van der Waals surface area contributed by atoms with Gasteiger partial charge in [-0.05, 0) is 33.4 Å². The van der Waals surface area contributed by atoms with E-state index in [1.54, 1.807) is 0 Å². The largest absolute Gasteiger partial charge is 0.322 e. The number of benzene rings is 4. The summed E-state index contributed by atoms with van der Waals surface area (Å²) in [5.74, 6) is 0. The zero-order valence-corrected chi connectivity index (χ0v) is 15.7. The molecule has 138 valence electrons. The lowest BCUT2D eigenvalue weighted by Crippen LogP contribution is -2.27. The molecule has 0 fully saturated rings. The predicted molar refractivity (Wildman–Crippen MR) is 118 cm³/mol. The van der Waals surface area contributed by atoms with Gasteiger partial charge in [-0.3, -0.25) is 0 Å². The molecule has 0 aliphatic heterocycles. The molecule has 0 amide bonds. The average molecular weight is 364 g/mol. The fourth-order valence-electron chi connectivity index (χ4n) is 3.72. The summed E-state index contributed by atoms with van der Waals surface area (Å²) < 4.78 is 0. The summed E-state index contributed by atoms with van der Waals surface area (Å²) in [5, 5.41) is 0. The lowest BCUT2D eigenvalue weighted by molar-refractivity contribution is 0.576. The van der Waals surface area contributed by atoms with Crippen LogP contribution in [0.5, 0.6) is 0 Å². The second kappa shape index (κ2) is 8.22. The Kier molecular flexibility index (Phi) is 5.34. The zero-order chi connectivity index (χ0) is 19.3. The molecule has 28 heavy (non-hydrogen) atoms. The van der Waals surface area contributed by atoms with Crippen LogP contribution in [-0.4, -0.2) is 0 Å². The van der Waals surface area contributed by atoms with E-state index < -0.39 is 0 Å². The van der Waals surface area contributed by atoms with E-state index in [-0.39, 0.29) is 12.1 Å². The minimum Gasteiger partial charge on any atom is -0.322 e. The van der Waals surface area contributed by atoms with Gasteiger partial charge in [-0.1, -0.05) is 109 Å². The van der Waals surface area contributed by atoms with Crippen molar-refractivity contribution in [2.45, 2.75) is 12.1 Å². The van der Waals surface area contributed by atoms with Crippen molar-refractivity contribution in [1.82, 2.24) is 0 Å². The third-order valence-electron chi connectivity index (χ3n) is 5.20. The molecule has 4 aromatic carbocycles. The van der Waals surface area contributed by atoms with Crippen LogP contribution in [0, 0.1) is 0 Å². The summed E-state index contributed by atoms with van der Waals surface area (Å²) in [6, 6.07) is 36.5. The maximum Gasteiger partial charge on any atom is 0.0497 e. The molecule has 0 unspecified atom stereocenters. The zero-order valence-electron chi connectivity index (χ0n) is 15.7. The van der Waals surface area contributed by atoms with Crippen LogP contribution in [0.25, 0.3) is 22.3 Å². The Morgan fingerprint density at radius 1 is 0.393 bits per heavy atom. The van der Waals surface area contributed by atoms with E-state index in [0.29, 0.717) is 0 Å². The third kappa shape index (κ3) is 3.61. The number of nitrogens with two attached hydrogens (primary N) is 2. The van der Waals surface area contributed by atoms with Gasteiger partial charge in [0.25, 0.3) is 0 Å². The monoisotopic (exact) mass is 364 g/mol. The van der Waals surface area contributed by atoms with E-state index in [9.17, 15) is 0 Å². The summed E-state index contributed by atoms with van der Waals surface area (Å²) in [6.07, 6.45) is 0. The molecule has 2 atom stereocenters. The van der Waals surface area contributed by atoms with Crippen LogP contribution < -0.4 is 11.5 Å². The third-order valence-corrected chi connectivity index (χ3v) is 5.20. The Labute approximate surface area is 166 Å². The maximum absolute atomic E-state index is 6.73. The second-order valence-electron chi connectivity index (χ2n) is 6.96. The van der Waals surface area contributed by atoms with Crippen molar-refractivity contribution in [3.05, 3.63) is 120 Å². The SMILES string of the molecule is N[C@@H](c1ccccc1-c1ccccc1)[C@@H](N)c1ccccc1-c1ccccc1. The van der Waals surface area contributed by atoms with Crippen molar-refractivity contribution in [3.8, 4) is 22.3 Å². The van der Waals surface area contributed by atoms with E-state index in [0.717, 1.165) is 33.4 Å². The minimum absolute atomic E-state index is 0.318. The highest BCUT2D eigenvalue weighted by molar-refractivity contribution is 5.70. The van der Waals surface area contributed by atoms with Crippen molar-refractivity contribution in [2.75, 3.05) is 0 Å². The molecule has 2 nitrogen and oxygen atoms in total. The van der Waals surface area contributed by atoms with Crippen LogP contribution >= 0.6 is 0 Å². The van der Waals surface area contributed by atoms with Crippen molar-refractivity contribution in [3.63, 3.8) is 0 Å². The van der Waals surface area contributed by atoms with Crippen LogP contribution in [0.3, 0.4) is 0 Å². The number of hydrogen-bond acceptors (Lipinski definition) is 2. The van der Waals surface area contributed by atoms with Gasteiger partial charge < -0.3 is 11.5 Å². The molecule has 0 radical (unpaired) electrons. The average Bonchev–Trinajstić information content (AvgIpc) is 2.79. The van der Waals surface area contributed by atoms with E-state index in [4.69, 9.17) is 11.5 Å². The molecule has 4 aromatic rings. The molecule has 0 aromatic heterocycles. The Bertz CT molecular complexity index is 955. The normalized spacial score (nSPS) is 13.1. The van der Waals surface area contributed by atoms with Crippen molar-refractivity contribution in [1.29, 1.82) is 0 Å². The topological polar surface area (TPSA) is 52.0 Å². The van der Waals surface area contributed by atoms with E-state index >= 15 is 0 Å². The first-order valence-corrected chi connectivity index (χ1v) is 9.55. The molecule has 0 bridgehead atoms. The van der Waals surface area contributed by atoms with E-state index in [1.165, 1.54) is 0 Å². The van der Waals surface area contributed by atoms with Gasteiger partial charge in [-0.15, -0.1) is 0 Å². The van der Waals surface area contributed by atoms with Gasteiger partial charge in [-0.2, -0.15) is 0 Å². The molecular formula is C26H24N2. The Morgan fingerprint density at radius 3 is 1.11 bits per heavy atom. The molecule has 4 N–H and O–H groups in total. The Balaban J connectivity index is 1.74. The van der Waals surface area contributed by atoms with Crippen LogP contribution in [0.4, 0.5) is 0 Å². The molecule has 4 rings (SSSR count). The van der Waals surface area contributed by atoms with Crippen LogP contribution in [0.15, 0.2) is 109 Å². The molecule has 2 heteroatoms. The molecule has 0 heterocycles. The molecule has 0 aliphatic carbocycles. The summed E-state index contributed by atoms with van der Waals surface area (Å²) in [5.41, 5.74) is 20.1. The van der Waals surface area contributed by atoms with E-state index in [1.807, 2.05) is 60.7 Å². The first kappa shape index (κ1) is 18.2. The Morgan fingerprint density at radius 2 is 0.714 bits per heavy atom. The summed E-state index contributed by atoms with van der Waals surface area (Å²) in [4.78, 5) is 0. The fraction of sp³-hybridized carbons (Fsp3) is 0.0769. The van der Waals surface area contributed by atoms with Gasteiger partial charge in [0.2, 0.25) is 0 Å². The van der Waals surface area contributed by atoms with Crippen molar-refractivity contribution in [2.24, 2.45) is 11.5 Å². The maximum atomic E-state index is 6.73. The highest BCUT2D eigenvalue weighted by Crippen LogP contribution is 2.36. The minimum atomic E-state index is -0.318. The lowest BCUT2D eigenvalue weighted by atomic mass is 9.86. The molecular weight excluding hydrogens is 340 g/mol. The summed E-state index contributed by atoms with van der Waals surface area (Å²) in [6.45, 7) is 0. The molecule has 0 saturated heterocycles. The summed E-state index contributed by atoms with van der Waals surface area (Å²) >= 11 is 0. The predicted octanol–water partition coefficient (Wildman–Crippen LogP) is 5.72. The number of rotatable bonds is 5. The van der Waals surface area contributed by atoms with Gasteiger partial charge in [-0.25, -0.2) is 0 Å². The van der Waals surface area contributed by atoms with Gasteiger partial charge in [0.15, 0.2) is 0 Å². The standard InChI is InChI=1S/C26H24N2/c27-25(23-17-9-7-15-21(23)19-11-3-1-4-12-19)26(28)24-18-10-8-16-22(24)20-13-5-2-6-14-20/h1-18,25-26H,27-28H2/t25-,26-/m0/s1. The van der Waals surface area contributed by atoms with E-state index in [2.05, 4.69) is 48.5 Å². The van der Waals surface area contributed by atoms with Gasteiger partial charge in [0, 0.05) is 12.1 Å². The van der Waals surface area contributed by atoms with Crippen molar-refractivity contribution < 1.29 is 0 Å². The van der Waals surface area contributed by atoms with Crippen LogP contribution in [-0.2, 0) is 0 Å². The quantitative estimate of drug-likeness (QED) is 0.476. The second-order valence-corrected chi connectivity index (χ2v) is 6.96. The smallest absolute Gasteiger partial charge is 0.0497 e. The van der Waals surface area contributed by atoms with Gasteiger partial charge >= 0.3 is 0 Å². The first-order chi connectivity index (χ1) is 13.8. The van der Waals surface area contributed by atoms with Gasteiger partial charge in [0.1, 0.15) is 0 Å². The number of hydrogen-bond donors (Lipinski definition) is 2. The molecule has 0 aliphatic rings. The van der Waals surface area contributed by atoms with Crippen LogP contribution in [0.1, 0.15) is 23.2 Å². The highest BCUT2D eigenvalue weighted by Gasteiger charge is 2.22. The summed E-state index contributed by atoms with van der Waals surface area (Å²) in [7, 11) is 0. The van der Waals surface area contributed by atoms with Crippen LogP contribution in [0.2, 0.25) is 0 Å². The van der Waals surface area contributed by atoms with Gasteiger partial charge in [0.05, 0.1) is 0 Å². The Hall–Kier alpha value is -3.20.